The Bertz CT molecular complexity index is 1240. The third-order valence-electron chi connectivity index (χ3n) is 4.73. The predicted molar refractivity (Wildman–Crippen MR) is 111 cm³/mol. The second-order valence-corrected chi connectivity index (χ2v) is 10.2. The van der Waals surface area contributed by atoms with Gasteiger partial charge >= 0.3 is 11.0 Å². The molecule has 1 heterocycles. The van der Waals surface area contributed by atoms with Crippen molar-refractivity contribution in [2.75, 3.05) is 0 Å². The van der Waals surface area contributed by atoms with Crippen LogP contribution < -0.4 is 0 Å². The first kappa shape index (κ1) is 27.2. The lowest BCUT2D eigenvalue weighted by Gasteiger charge is -2.08. The van der Waals surface area contributed by atoms with Gasteiger partial charge in [-0.15, -0.1) is 13.2 Å². The topological polar surface area (TPSA) is 57.2 Å². The number of rotatable bonds is 0. The summed E-state index contributed by atoms with van der Waals surface area (Å²) < 4.78 is 101. The zero-order valence-corrected chi connectivity index (χ0v) is 18.2. The summed E-state index contributed by atoms with van der Waals surface area (Å²) in [7, 11) is -7.93. The van der Waals surface area contributed by atoms with Crippen LogP contribution in [0.3, 0.4) is 0 Å². The average molecular weight is 489 g/mol. The molecule has 3 nitrogen and oxygen atoms in total. The van der Waals surface area contributed by atoms with Gasteiger partial charge in [-0.2, -0.15) is 13.2 Å². The number of halogens is 6. The summed E-state index contributed by atoms with van der Waals surface area (Å²) in [4.78, 5) is 0. The first-order valence-corrected chi connectivity index (χ1v) is 11.1. The third kappa shape index (κ3) is 5.15. The Morgan fingerprint density at radius 2 is 1.23 bits per heavy atom. The third-order valence-corrected chi connectivity index (χ3v) is 7.65. The Labute approximate surface area is 179 Å². The predicted octanol–water partition coefficient (Wildman–Crippen LogP) is 7.45. The van der Waals surface area contributed by atoms with Crippen LogP contribution in [-0.4, -0.2) is 18.5 Å². The molecule has 1 unspecified atom stereocenters. The summed E-state index contributed by atoms with van der Waals surface area (Å²) in [6, 6.07) is 5.67. The summed E-state index contributed by atoms with van der Waals surface area (Å²) >= 11 is 0. The highest BCUT2D eigenvalue weighted by Crippen LogP contribution is 2.56. The number of alkyl halides is 6. The van der Waals surface area contributed by atoms with Crippen molar-refractivity contribution in [1.82, 2.24) is 0 Å². The Hall–Kier alpha value is -1.85. The molecule has 31 heavy (non-hydrogen) atoms. The number of aryl methyl sites for hydroxylation is 4. The van der Waals surface area contributed by atoms with Gasteiger partial charge in [-0.1, -0.05) is 13.5 Å². The van der Waals surface area contributed by atoms with Crippen molar-refractivity contribution in [3.05, 3.63) is 46.0 Å². The quantitative estimate of drug-likeness (QED) is 0.143. The monoisotopic (exact) mass is 488 g/mol. The lowest BCUT2D eigenvalue weighted by atomic mass is 9.99. The number of thiophene rings is 1. The minimum atomic E-state index is -6.09. The van der Waals surface area contributed by atoms with E-state index >= 15 is 0 Å². The van der Waals surface area contributed by atoms with Crippen LogP contribution in [0.2, 0.25) is 0 Å². The molecule has 0 aliphatic carbocycles. The van der Waals surface area contributed by atoms with Gasteiger partial charge in [-0.05, 0) is 63.4 Å². The molecule has 0 fully saturated rings. The van der Waals surface area contributed by atoms with Gasteiger partial charge in [0.25, 0.3) is 0 Å². The van der Waals surface area contributed by atoms with Crippen LogP contribution >= 0.6 is 10.5 Å². The van der Waals surface area contributed by atoms with Crippen LogP contribution in [0.15, 0.2) is 18.2 Å². The van der Waals surface area contributed by atoms with Crippen molar-refractivity contribution in [3.8, 4) is 0 Å². The van der Waals surface area contributed by atoms with Crippen LogP contribution in [0.4, 0.5) is 26.3 Å². The van der Waals surface area contributed by atoms with E-state index in [0.29, 0.717) is 9.40 Å². The van der Waals surface area contributed by atoms with E-state index in [1.54, 1.807) is 6.92 Å². The molecule has 0 bridgehead atoms. The molecular formula is C20H22F6O3S2. The van der Waals surface area contributed by atoms with Gasteiger partial charge in [0.05, 0.1) is 0 Å². The van der Waals surface area contributed by atoms with Gasteiger partial charge in [0, 0.05) is 21.9 Å². The number of fused-ring (bicyclic) bond motifs is 3. The maximum atomic E-state index is 13.8. The molecule has 3 aromatic rings. The first-order valence-electron chi connectivity index (χ1n) is 8.43. The first-order chi connectivity index (χ1) is 13.4. The fraction of sp³-hybridized carbons (Fsp3) is 0.400. The molecular weight excluding hydrogens is 466 g/mol. The smallest absolute Gasteiger partial charge is 0.601 e. The number of hydrogen-bond donors (Lipinski definition) is 0. The molecule has 3 rings (SSSR count). The van der Waals surface area contributed by atoms with Crippen molar-refractivity contribution in [3.63, 3.8) is 0 Å². The van der Waals surface area contributed by atoms with Crippen LogP contribution in [0.1, 0.15) is 35.2 Å². The summed E-state index contributed by atoms with van der Waals surface area (Å²) in [6.45, 7) is 9.42. The van der Waals surface area contributed by atoms with Crippen molar-refractivity contribution in [2.24, 2.45) is 0 Å². The highest BCUT2D eigenvalue weighted by Gasteiger charge is 2.49. The molecule has 11 heteroatoms. The maximum absolute atomic E-state index is 13.8. The molecule has 1 atom stereocenters. The van der Waals surface area contributed by atoms with Gasteiger partial charge in [0.1, 0.15) is 10.5 Å². The van der Waals surface area contributed by atoms with Gasteiger partial charge in [0.2, 0.25) is 0 Å². The molecule has 0 radical (unpaired) electrons. The van der Waals surface area contributed by atoms with Gasteiger partial charge in [-0.25, -0.2) is 8.42 Å². The molecule has 0 N–H and O–H groups in total. The van der Waals surface area contributed by atoms with Gasteiger partial charge in [0.15, 0.2) is 19.5 Å². The maximum Gasteiger partial charge on any atom is 0.601 e. The summed E-state index contributed by atoms with van der Waals surface area (Å²) in [5.41, 5.74) is -5.35. The largest absolute Gasteiger partial charge is 0.741 e. The zero-order valence-electron chi connectivity index (χ0n) is 16.5. The van der Waals surface area contributed by atoms with Crippen LogP contribution in [0, 0.1) is 34.6 Å². The van der Waals surface area contributed by atoms with Crippen molar-refractivity contribution < 1.29 is 39.3 Å². The molecule has 0 aliphatic heterocycles. The van der Waals surface area contributed by atoms with Crippen molar-refractivity contribution >= 4 is 40.8 Å². The van der Waals surface area contributed by atoms with E-state index in [-0.39, 0.29) is 7.43 Å². The summed E-state index contributed by atoms with van der Waals surface area (Å²) in [6.07, 6.45) is 0. The van der Waals surface area contributed by atoms with Gasteiger partial charge in [-0.3, -0.25) is 0 Å². The van der Waals surface area contributed by atoms with Gasteiger partial charge < -0.3 is 4.55 Å². The van der Waals surface area contributed by atoms with E-state index < -0.39 is 31.6 Å². The fourth-order valence-electron chi connectivity index (χ4n) is 3.28. The van der Waals surface area contributed by atoms with Crippen LogP contribution in [0.5, 0.6) is 0 Å². The standard InChI is InChI=1S/C18H18F3S.CHF3O3S.CH4/c1-9-6-11(3)16-14(7-9)15-8-10(2)12(4)13(5)17(15)22(16)18(19,20)21;2-1(3,4)8(5,6)7;/h6-8H,1-5H3;(H,5,6,7);1H4/q+1;;/p-1. The molecule has 0 saturated carbocycles. The number of benzene rings is 2. The summed E-state index contributed by atoms with van der Waals surface area (Å²) in [5.74, 6) is 0. The minimum absolute atomic E-state index is 0. The second kappa shape index (κ2) is 8.59. The lowest BCUT2D eigenvalue weighted by molar-refractivity contribution is -0.0863. The van der Waals surface area contributed by atoms with E-state index in [0.717, 1.165) is 38.6 Å². The molecule has 0 saturated heterocycles. The van der Waals surface area contributed by atoms with Crippen LogP contribution in [-0.2, 0) is 15.6 Å². The fourth-order valence-corrected chi connectivity index (χ4v) is 5.57. The highest BCUT2D eigenvalue weighted by molar-refractivity contribution is 7.86. The van der Waals surface area contributed by atoms with Crippen molar-refractivity contribution in [1.29, 1.82) is 0 Å². The normalized spacial score (nSPS) is 13.1. The van der Waals surface area contributed by atoms with E-state index in [4.69, 9.17) is 13.0 Å². The van der Waals surface area contributed by atoms with E-state index in [2.05, 4.69) is 0 Å². The Morgan fingerprint density at radius 3 is 1.65 bits per heavy atom. The molecule has 174 valence electrons. The second-order valence-electron chi connectivity index (χ2n) is 6.93. The van der Waals surface area contributed by atoms with E-state index in [1.807, 2.05) is 45.9 Å². The van der Waals surface area contributed by atoms with Crippen molar-refractivity contribution in [2.45, 2.75) is 53.1 Å². The SMILES string of the molecule is C.Cc1cc(C)c2c(c1)c1cc(C)c(C)c(C)c1[s+]2C(F)(F)F.O=S(=O)([O-])C(F)(F)F. The molecule has 2 aromatic carbocycles. The summed E-state index contributed by atoms with van der Waals surface area (Å²) in [5, 5.41) is 1.53. The average Bonchev–Trinajstić information content (AvgIpc) is 2.86. The van der Waals surface area contributed by atoms with E-state index in [1.165, 1.54) is 0 Å². The lowest BCUT2D eigenvalue weighted by Crippen LogP contribution is -2.21. The molecule has 0 amide bonds. The van der Waals surface area contributed by atoms with E-state index in [9.17, 15) is 26.3 Å². The minimum Gasteiger partial charge on any atom is -0.741 e. The zero-order chi connectivity index (χ0) is 23.4. The highest BCUT2D eigenvalue weighted by atomic mass is 32.2. The molecule has 0 aliphatic rings. The Kier molecular flexibility index (Phi) is 7.53. The van der Waals surface area contributed by atoms with Crippen LogP contribution in [0.25, 0.3) is 20.2 Å². The molecule has 0 spiro atoms. The Morgan fingerprint density at radius 1 is 0.774 bits per heavy atom. The Balaban J connectivity index is 0.000000461. The molecule has 1 aromatic heterocycles. The number of hydrogen-bond acceptors (Lipinski definition) is 3.